The van der Waals surface area contributed by atoms with E-state index in [-0.39, 0.29) is 28.8 Å². The lowest BCUT2D eigenvalue weighted by Gasteiger charge is -2.58. The van der Waals surface area contributed by atoms with Gasteiger partial charge in [0.15, 0.2) is 0 Å². The molecule has 1 N–H and O–H groups in total. The molecule has 0 aromatic carbocycles. The van der Waals surface area contributed by atoms with Crippen molar-refractivity contribution in [2.75, 3.05) is 0 Å². The fourth-order valence-electron chi connectivity index (χ4n) is 7.25. The molecule has 2 nitrogen and oxygen atoms in total. The molecular formula is C21H31FO2. The Hall–Kier alpha value is -0.700. The molecule has 0 aromatic heterocycles. The minimum Gasteiger partial charge on any atom is -0.393 e. The number of carbonyl (C=O) groups excluding carboxylic acids is 1. The van der Waals surface area contributed by atoms with Gasteiger partial charge in [-0.2, -0.15) is 0 Å². The molecule has 4 aliphatic carbocycles. The molecule has 0 spiro atoms. The van der Waals surface area contributed by atoms with Crippen molar-refractivity contribution in [2.24, 2.45) is 34.5 Å². The topological polar surface area (TPSA) is 37.3 Å². The van der Waals surface area contributed by atoms with Gasteiger partial charge in [-0.15, -0.1) is 0 Å². The summed E-state index contributed by atoms with van der Waals surface area (Å²) in [7, 11) is 0. The summed E-state index contributed by atoms with van der Waals surface area (Å²) in [4.78, 5) is 12.1. The summed E-state index contributed by atoms with van der Waals surface area (Å²) in [6.45, 7) is 6.29. The van der Waals surface area contributed by atoms with Gasteiger partial charge in [0, 0.05) is 11.8 Å². The fraction of sp³-hybridized carbons (Fsp3) is 0.857. The van der Waals surface area contributed by atoms with E-state index in [1.165, 1.54) is 5.57 Å². The van der Waals surface area contributed by atoms with Crippen LogP contribution in [0.15, 0.2) is 11.6 Å². The molecule has 24 heavy (non-hydrogen) atoms. The highest BCUT2D eigenvalue weighted by Crippen LogP contribution is 2.66. The van der Waals surface area contributed by atoms with Crippen molar-refractivity contribution < 1.29 is 14.3 Å². The van der Waals surface area contributed by atoms with Crippen molar-refractivity contribution in [3.63, 3.8) is 0 Å². The van der Waals surface area contributed by atoms with Crippen LogP contribution in [0.4, 0.5) is 4.39 Å². The second-order valence-corrected chi connectivity index (χ2v) is 9.53. The molecular weight excluding hydrogens is 303 g/mol. The lowest BCUT2D eigenvalue weighted by Crippen LogP contribution is -2.54. The number of halogens is 1. The van der Waals surface area contributed by atoms with Crippen LogP contribution < -0.4 is 0 Å². The number of hydrogen-bond acceptors (Lipinski definition) is 2. The predicted molar refractivity (Wildman–Crippen MR) is 92.2 cm³/mol. The number of aliphatic hydroxyl groups is 1. The third-order valence-corrected chi connectivity index (χ3v) is 8.56. The number of fused-ring (bicyclic) bond motifs is 5. The average molecular weight is 334 g/mol. The van der Waals surface area contributed by atoms with Crippen LogP contribution in [0.2, 0.25) is 0 Å². The van der Waals surface area contributed by atoms with Gasteiger partial charge in [0.2, 0.25) is 0 Å². The number of Topliss-reactive ketones (excluding diaryl/α,β-unsaturated/α-hetero) is 1. The van der Waals surface area contributed by atoms with Gasteiger partial charge in [0.1, 0.15) is 12.0 Å². The Kier molecular flexibility index (Phi) is 3.77. The summed E-state index contributed by atoms with van der Waals surface area (Å²) >= 11 is 0. The molecule has 0 aliphatic heterocycles. The Balaban J connectivity index is 1.71. The van der Waals surface area contributed by atoms with Gasteiger partial charge in [-0.25, -0.2) is 4.39 Å². The molecule has 3 heteroatoms. The zero-order valence-electron chi connectivity index (χ0n) is 15.2. The van der Waals surface area contributed by atoms with E-state index in [1.807, 2.05) is 6.08 Å². The first-order valence-electron chi connectivity index (χ1n) is 9.81. The lowest BCUT2D eigenvalue weighted by molar-refractivity contribution is -0.129. The zero-order valence-corrected chi connectivity index (χ0v) is 15.2. The molecule has 0 amide bonds. The van der Waals surface area contributed by atoms with Crippen LogP contribution in [0.5, 0.6) is 0 Å². The Labute approximate surface area is 144 Å². The minimum absolute atomic E-state index is 0.00672. The van der Waals surface area contributed by atoms with Crippen molar-refractivity contribution >= 4 is 5.78 Å². The van der Waals surface area contributed by atoms with Crippen molar-refractivity contribution in [3.05, 3.63) is 11.6 Å². The first-order valence-corrected chi connectivity index (χ1v) is 9.81. The van der Waals surface area contributed by atoms with Crippen molar-refractivity contribution in [2.45, 2.75) is 78.0 Å². The quantitative estimate of drug-likeness (QED) is 0.719. The van der Waals surface area contributed by atoms with E-state index < -0.39 is 6.17 Å². The molecule has 4 aliphatic rings. The van der Waals surface area contributed by atoms with Crippen molar-refractivity contribution in [3.8, 4) is 0 Å². The summed E-state index contributed by atoms with van der Waals surface area (Å²) < 4.78 is 15.3. The Bertz CT molecular complexity index is 584. The predicted octanol–water partition coefficient (Wildman–Crippen LogP) is 4.46. The second kappa shape index (κ2) is 5.40. The molecule has 3 fully saturated rings. The molecule has 8 atom stereocenters. The first-order chi connectivity index (χ1) is 11.3. The van der Waals surface area contributed by atoms with Crippen LogP contribution in [-0.4, -0.2) is 23.2 Å². The summed E-state index contributed by atoms with van der Waals surface area (Å²) in [5.74, 6) is 1.21. The van der Waals surface area contributed by atoms with E-state index in [0.717, 1.165) is 38.5 Å². The lowest BCUT2D eigenvalue weighted by atomic mass is 9.47. The van der Waals surface area contributed by atoms with E-state index in [2.05, 4.69) is 13.8 Å². The Morgan fingerprint density at radius 3 is 2.62 bits per heavy atom. The monoisotopic (exact) mass is 334 g/mol. The van der Waals surface area contributed by atoms with Gasteiger partial charge < -0.3 is 5.11 Å². The minimum atomic E-state index is -0.904. The van der Waals surface area contributed by atoms with Crippen LogP contribution in [-0.2, 0) is 4.79 Å². The fourth-order valence-corrected chi connectivity index (χ4v) is 7.25. The maximum absolute atomic E-state index is 15.3. The van der Waals surface area contributed by atoms with Gasteiger partial charge in [0.25, 0.3) is 0 Å². The smallest absolute Gasteiger partial charge is 0.133 e. The maximum atomic E-state index is 15.3. The summed E-state index contributed by atoms with van der Waals surface area (Å²) in [5, 5.41) is 10.0. The highest BCUT2D eigenvalue weighted by molar-refractivity contribution is 5.79. The molecule has 0 aromatic rings. The van der Waals surface area contributed by atoms with Gasteiger partial charge >= 0.3 is 0 Å². The van der Waals surface area contributed by atoms with Gasteiger partial charge in [-0.3, -0.25) is 4.79 Å². The number of aliphatic hydroxyl groups excluding tert-OH is 1. The number of allylic oxidation sites excluding steroid dienone is 1. The molecule has 0 heterocycles. The van der Waals surface area contributed by atoms with Crippen LogP contribution in [0.25, 0.3) is 0 Å². The number of hydrogen-bond donors (Lipinski definition) is 1. The Morgan fingerprint density at radius 2 is 1.92 bits per heavy atom. The zero-order chi connectivity index (χ0) is 17.3. The van der Waals surface area contributed by atoms with Crippen LogP contribution in [0.1, 0.15) is 65.7 Å². The van der Waals surface area contributed by atoms with Gasteiger partial charge in [0.05, 0.1) is 6.10 Å². The third kappa shape index (κ3) is 2.12. The number of ketones is 1. The van der Waals surface area contributed by atoms with E-state index >= 15 is 4.39 Å². The standard InChI is InChI=1S/C21H31FO2/c1-12(23)15-4-5-16-19-17(7-9-21(15,16)3)20(2)8-6-14(24)10-13(20)11-18(19)22/h11,14-19,24H,4-10H2,1-3H3/t14?,15-,16+,17+,18?,19+,20+,21-/m1/s1. The number of carbonyl (C=O) groups is 1. The molecule has 0 saturated heterocycles. The van der Waals surface area contributed by atoms with E-state index in [0.29, 0.717) is 24.0 Å². The highest BCUT2D eigenvalue weighted by atomic mass is 19.1. The van der Waals surface area contributed by atoms with E-state index in [1.54, 1.807) is 6.92 Å². The van der Waals surface area contributed by atoms with E-state index in [4.69, 9.17) is 0 Å². The van der Waals surface area contributed by atoms with Crippen LogP contribution in [0.3, 0.4) is 0 Å². The molecule has 2 unspecified atom stereocenters. The largest absolute Gasteiger partial charge is 0.393 e. The van der Waals surface area contributed by atoms with Crippen LogP contribution >= 0.6 is 0 Å². The summed E-state index contributed by atoms with van der Waals surface area (Å²) in [6.07, 6.45) is 7.16. The molecule has 3 saturated carbocycles. The second-order valence-electron chi connectivity index (χ2n) is 9.53. The summed E-state index contributed by atoms with van der Waals surface area (Å²) in [6, 6.07) is 0. The molecule has 4 rings (SSSR count). The SMILES string of the molecule is CC(=O)[C@H]1CC[C@H]2[C@@H]3C(F)C=C4CC(O)CC[C@]4(C)[C@H]3CC[C@]12C. The number of rotatable bonds is 1. The number of alkyl halides is 1. The molecule has 134 valence electrons. The van der Waals surface area contributed by atoms with E-state index in [9.17, 15) is 9.90 Å². The van der Waals surface area contributed by atoms with Gasteiger partial charge in [-0.05, 0) is 74.5 Å². The Morgan fingerprint density at radius 1 is 1.17 bits per heavy atom. The van der Waals surface area contributed by atoms with Crippen LogP contribution in [0, 0.1) is 34.5 Å². The first kappa shape index (κ1) is 16.8. The van der Waals surface area contributed by atoms with Gasteiger partial charge in [-0.1, -0.05) is 25.5 Å². The molecule has 0 radical (unpaired) electrons. The maximum Gasteiger partial charge on any atom is 0.133 e. The van der Waals surface area contributed by atoms with Crippen molar-refractivity contribution in [1.82, 2.24) is 0 Å². The highest BCUT2D eigenvalue weighted by Gasteiger charge is 2.61. The third-order valence-electron chi connectivity index (χ3n) is 8.56. The normalized spacial score (nSPS) is 53.6. The average Bonchev–Trinajstić information content (AvgIpc) is 2.86. The summed E-state index contributed by atoms with van der Waals surface area (Å²) in [5.41, 5.74) is 1.22. The van der Waals surface area contributed by atoms with Crippen molar-refractivity contribution in [1.29, 1.82) is 0 Å². The molecule has 0 bridgehead atoms.